The molecule has 1 atom stereocenters. The highest BCUT2D eigenvalue weighted by molar-refractivity contribution is 7.10. The van der Waals surface area contributed by atoms with E-state index in [1.807, 2.05) is 29.5 Å². The van der Waals surface area contributed by atoms with Crippen LogP contribution in [0.25, 0.3) is 0 Å². The van der Waals surface area contributed by atoms with Gasteiger partial charge in [0, 0.05) is 11.4 Å². The van der Waals surface area contributed by atoms with Gasteiger partial charge in [0.1, 0.15) is 11.6 Å². The smallest absolute Gasteiger partial charge is 0.234 e. The molecule has 0 aliphatic rings. The quantitative estimate of drug-likeness (QED) is 0.654. The van der Waals surface area contributed by atoms with Crippen molar-refractivity contribution in [2.75, 3.05) is 13.6 Å². The van der Waals surface area contributed by atoms with Gasteiger partial charge in [-0.15, -0.1) is 11.3 Å². The molecule has 3 rings (SSSR count). The van der Waals surface area contributed by atoms with Gasteiger partial charge in [0.15, 0.2) is 0 Å². The fourth-order valence-corrected chi connectivity index (χ4v) is 3.64. The van der Waals surface area contributed by atoms with E-state index in [-0.39, 0.29) is 30.1 Å². The van der Waals surface area contributed by atoms with Crippen molar-refractivity contribution in [1.82, 2.24) is 10.2 Å². The number of benzene rings is 2. The molecule has 1 N–H and O–H groups in total. The molecule has 27 heavy (non-hydrogen) atoms. The maximum atomic E-state index is 13.2. The Labute approximate surface area is 161 Å². The summed E-state index contributed by atoms with van der Waals surface area (Å²) in [6.07, 6.45) is 0. The van der Waals surface area contributed by atoms with Crippen LogP contribution in [0.5, 0.6) is 0 Å². The minimum absolute atomic E-state index is 0.137. The van der Waals surface area contributed by atoms with Crippen LogP contribution in [0.4, 0.5) is 8.78 Å². The van der Waals surface area contributed by atoms with Crippen molar-refractivity contribution < 1.29 is 13.6 Å². The molecule has 0 fully saturated rings. The maximum absolute atomic E-state index is 13.2. The first kappa shape index (κ1) is 19.2. The summed E-state index contributed by atoms with van der Waals surface area (Å²) < 4.78 is 26.2. The minimum Gasteiger partial charge on any atom is -0.343 e. The molecule has 0 bridgehead atoms. The molecule has 2 aromatic carbocycles. The first-order valence-electron chi connectivity index (χ1n) is 8.52. The first-order chi connectivity index (χ1) is 13.0. The number of likely N-dealkylation sites (N-methyl/N-ethyl adjacent to an activating group) is 1. The second-order valence-electron chi connectivity index (χ2n) is 6.37. The Kier molecular flexibility index (Phi) is 6.32. The molecule has 0 radical (unpaired) electrons. The van der Waals surface area contributed by atoms with Crippen LogP contribution in [0.1, 0.15) is 22.0 Å². The Hall–Kier alpha value is -2.57. The van der Waals surface area contributed by atoms with Crippen LogP contribution in [0.2, 0.25) is 0 Å². The molecule has 1 aromatic heterocycles. The Morgan fingerprint density at radius 2 is 1.67 bits per heavy atom. The van der Waals surface area contributed by atoms with E-state index < -0.39 is 0 Å². The molecule has 3 nitrogen and oxygen atoms in total. The van der Waals surface area contributed by atoms with Crippen molar-refractivity contribution in [3.05, 3.63) is 93.7 Å². The average Bonchev–Trinajstić information content (AvgIpc) is 3.17. The Balaban J connectivity index is 1.65. The van der Waals surface area contributed by atoms with E-state index in [4.69, 9.17) is 0 Å². The SMILES string of the molecule is CN(CC(=O)N[C@@H](c1ccc(F)cc1)c1cccs1)Cc1ccc(F)cc1. The summed E-state index contributed by atoms with van der Waals surface area (Å²) in [7, 11) is 1.83. The second-order valence-corrected chi connectivity index (χ2v) is 7.35. The monoisotopic (exact) mass is 386 g/mol. The van der Waals surface area contributed by atoms with Crippen molar-refractivity contribution in [1.29, 1.82) is 0 Å². The average molecular weight is 386 g/mol. The van der Waals surface area contributed by atoms with Gasteiger partial charge in [0.05, 0.1) is 12.6 Å². The first-order valence-corrected chi connectivity index (χ1v) is 9.40. The van der Waals surface area contributed by atoms with E-state index in [1.165, 1.54) is 35.6 Å². The summed E-state index contributed by atoms with van der Waals surface area (Å²) in [6.45, 7) is 0.731. The fourth-order valence-electron chi connectivity index (χ4n) is 2.84. The lowest BCUT2D eigenvalue weighted by Gasteiger charge is -2.21. The number of hydrogen-bond donors (Lipinski definition) is 1. The molecular weight excluding hydrogens is 366 g/mol. The lowest BCUT2D eigenvalue weighted by molar-refractivity contribution is -0.122. The number of nitrogens with zero attached hydrogens (tertiary/aromatic N) is 1. The predicted octanol–water partition coefficient (Wildman–Crippen LogP) is 4.36. The van der Waals surface area contributed by atoms with Gasteiger partial charge in [0.25, 0.3) is 0 Å². The topological polar surface area (TPSA) is 32.3 Å². The summed E-state index contributed by atoms with van der Waals surface area (Å²) in [6, 6.07) is 15.9. The minimum atomic E-state index is -0.322. The van der Waals surface area contributed by atoms with Crippen LogP contribution in [-0.2, 0) is 11.3 Å². The van der Waals surface area contributed by atoms with E-state index in [9.17, 15) is 13.6 Å². The number of carbonyl (C=O) groups excluding carboxylic acids is 1. The summed E-state index contributed by atoms with van der Waals surface area (Å²) in [4.78, 5) is 15.4. The van der Waals surface area contributed by atoms with E-state index >= 15 is 0 Å². The number of carbonyl (C=O) groups is 1. The second kappa shape index (κ2) is 8.88. The van der Waals surface area contributed by atoms with Crippen LogP contribution in [0, 0.1) is 11.6 Å². The van der Waals surface area contributed by atoms with Crippen molar-refractivity contribution in [3.8, 4) is 0 Å². The zero-order valence-corrected chi connectivity index (χ0v) is 15.7. The molecule has 140 valence electrons. The van der Waals surface area contributed by atoms with Crippen LogP contribution in [-0.4, -0.2) is 24.4 Å². The highest BCUT2D eigenvalue weighted by atomic mass is 32.1. The van der Waals surface area contributed by atoms with Gasteiger partial charge in [0.2, 0.25) is 5.91 Å². The number of halogens is 2. The largest absolute Gasteiger partial charge is 0.343 e. The zero-order chi connectivity index (χ0) is 19.2. The summed E-state index contributed by atoms with van der Waals surface area (Å²) in [5.41, 5.74) is 1.76. The fraction of sp³-hybridized carbons (Fsp3) is 0.190. The van der Waals surface area contributed by atoms with E-state index in [0.29, 0.717) is 6.54 Å². The third-order valence-corrected chi connectivity index (χ3v) is 5.05. The highest BCUT2D eigenvalue weighted by Crippen LogP contribution is 2.26. The normalized spacial score (nSPS) is 12.1. The van der Waals surface area contributed by atoms with Crippen molar-refractivity contribution in [2.24, 2.45) is 0 Å². The van der Waals surface area contributed by atoms with Gasteiger partial charge in [-0.05, 0) is 53.9 Å². The molecule has 0 saturated carbocycles. The van der Waals surface area contributed by atoms with Gasteiger partial charge in [-0.2, -0.15) is 0 Å². The van der Waals surface area contributed by atoms with Crippen LogP contribution >= 0.6 is 11.3 Å². The van der Waals surface area contributed by atoms with Crippen molar-refractivity contribution in [2.45, 2.75) is 12.6 Å². The maximum Gasteiger partial charge on any atom is 0.234 e. The lowest BCUT2D eigenvalue weighted by atomic mass is 10.1. The van der Waals surface area contributed by atoms with Gasteiger partial charge in [-0.1, -0.05) is 30.3 Å². The molecule has 0 spiro atoms. The third kappa shape index (κ3) is 5.45. The molecular formula is C21H20F2N2OS. The van der Waals surface area contributed by atoms with E-state index in [2.05, 4.69) is 5.32 Å². The lowest BCUT2D eigenvalue weighted by Crippen LogP contribution is -2.37. The number of rotatable bonds is 7. The standard InChI is InChI=1S/C21H20F2N2OS/c1-25(13-15-4-8-17(22)9-5-15)14-20(26)24-21(19-3-2-12-27-19)16-6-10-18(23)11-7-16/h2-12,21H,13-14H2,1H3,(H,24,26)/t21-/m0/s1. The highest BCUT2D eigenvalue weighted by Gasteiger charge is 2.19. The molecule has 1 heterocycles. The number of thiophene rings is 1. The number of nitrogens with one attached hydrogen (secondary N) is 1. The number of hydrogen-bond acceptors (Lipinski definition) is 3. The van der Waals surface area contributed by atoms with Crippen LogP contribution in [0.3, 0.4) is 0 Å². The van der Waals surface area contributed by atoms with Gasteiger partial charge >= 0.3 is 0 Å². The zero-order valence-electron chi connectivity index (χ0n) is 14.9. The molecule has 6 heteroatoms. The van der Waals surface area contributed by atoms with Gasteiger partial charge < -0.3 is 5.32 Å². The molecule has 0 saturated heterocycles. The van der Waals surface area contributed by atoms with Crippen LogP contribution in [0.15, 0.2) is 66.0 Å². The van der Waals surface area contributed by atoms with Gasteiger partial charge in [-0.25, -0.2) is 8.78 Å². The molecule has 0 unspecified atom stereocenters. The molecule has 0 aliphatic heterocycles. The van der Waals surface area contributed by atoms with Crippen LogP contribution < -0.4 is 5.32 Å². The predicted molar refractivity (Wildman–Crippen MR) is 103 cm³/mol. The Morgan fingerprint density at radius 1 is 1.04 bits per heavy atom. The molecule has 0 aliphatic carbocycles. The van der Waals surface area contributed by atoms with E-state index in [0.717, 1.165) is 16.0 Å². The summed E-state index contributed by atoms with van der Waals surface area (Å²) >= 11 is 1.54. The molecule has 3 aromatic rings. The Morgan fingerprint density at radius 3 is 2.26 bits per heavy atom. The Bertz CT molecular complexity index is 864. The summed E-state index contributed by atoms with van der Waals surface area (Å²) in [5, 5.41) is 4.97. The van der Waals surface area contributed by atoms with E-state index in [1.54, 1.807) is 24.3 Å². The number of amides is 1. The molecule has 1 amide bonds. The van der Waals surface area contributed by atoms with Crippen molar-refractivity contribution in [3.63, 3.8) is 0 Å². The van der Waals surface area contributed by atoms with Crippen molar-refractivity contribution >= 4 is 17.2 Å². The van der Waals surface area contributed by atoms with Gasteiger partial charge in [-0.3, -0.25) is 9.69 Å². The summed E-state index contributed by atoms with van der Waals surface area (Å²) in [5.74, 6) is -0.728. The third-order valence-electron chi connectivity index (χ3n) is 4.12.